The normalized spacial score (nSPS) is 11.0. The smallest absolute Gasteiger partial charge is 0.335 e. The number of rotatable bonds is 8. The van der Waals surface area contributed by atoms with Crippen molar-refractivity contribution < 1.29 is 14.6 Å². The van der Waals surface area contributed by atoms with Gasteiger partial charge in [0.1, 0.15) is 16.5 Å². The van der Waals surface area contributed by atoms with Crippen LogP contribution < -0.4 is 10.3 Å². The van der Waals surface area contributed by atoms with E-state index in [-0.39, 0.29) is 16.1 Å². The lowest BCUT2D eigenvalue weighted by atomic mass is 10.1. The van der Waals surface area contributed by atoms with Crippen LogP contribution in [0.3, 0.4) is 0 Å². The first-order valence-electron chi connectivity index (χ1n) is 10.8. The van der Waals surface area contributed by atoms with Gasteiger partial charge in [0.25, 0.3) is 5.56 Å². The van der Waals surface area contributed by atoms with Crippen LogP contribution >= 0.6 is 23.2 Å². The number of aryl methyl sites for hydroxylation is 1. The summed E-state index contributed by atoms with van der Waals surface area (Å²) in [7, 11) is 0. The quantitative estimate of drug-likeness (QED) is 0.278. The summed E-state index contributed by atoms with van der Waals surface area (Å²) in [5.74, 6) is 0.384. The zero-order valence-electron chi connectivity index (χ0n) is 18.5. The van der Waals surface area contributed by atoms with Gasteiger partial charge in [0.2, 0.25) is 0 Å². The van der Waals surface area contributed by atoms with Crippen LogP contribution in [-0.4, -0.2) is 15.6 Å². The van der Waals surface area contributed by atoms with Crippen LogP contribution in [0.2, 0.25) is 10.0 Å². The van der Waals surface area contributed by atoms with Gasteiger partial charge >= 0.3 is 5.97 Å². The molecule has 35 heavy (non-hydrogen) atoms. The van der Waals surface area contributed by atoms with E-state index in [4.69, 9.17) is 33.0 Å². The second-order valence-electron chi connectivity index (χ2n) is 7.72. The third kappa shape index (κ3) is 6.01. The molecule has 4 rings (SSSR count). The maximum Gasteiger partial charge on any atom is 0.335 e. The fraction of sp³-hybridized carbons (Fsp3) is 0.0714. The molecule has 0 aliphatic heterocycles. The van der Waals surface area contributed by atoms with Crippen molar-refractivity contribution >= 4 is 41.3 Å². The molecular weight excluding hydrogens is 485 g/mol. The van der Waals surface area contributed by atoms with E-state index < -0.39 is 5.97 Å². The van der Waals surface area contributed by atoms with Gasteiger partial charge in [0.15, 0.2) is 0 Å². The molecule has 3 aromatic carbocycles. The molecular formula is C28H21Cl2NO4. The molecule has 0 amide bonds. The van der Waals surface area contributed by atoms with Gasteiger partial charge in [-0.05, 0) is 60.5 Å². The summed E-state index contributed by atoms with van der Waals surface area (Å²) >= 11 is 12.6. The molecule has 0 atom stereocenters. The molecule has 1 N–H and O–H groups in total. The monoisotopic (exact) mass is 505 g/mol. The van der Waals surface area contributed by atoms with E-state index in [0.717, 1.165) is 11.1 Å². The average molecular weight is 506 g/mol. The van der Waals surface area contributed by atoms with E-state index in [1.54, 1.807) is 18.2 Å². The van der Waals surface area contributed by atoms with Crippen molar-refractivity contribution in [1.29, 1.82) is 0 Å². The zero-order chi connectivity index (χ0) is 24.8. The van der Waals surface area contributed by atoms with Crippen molar-refractivity contribution in [2.45, 2.75) is 13.0 Å². The highest BCUT2D eigenvalue weighted by molar-refractivity contribution is 6.35. The Morgan fingerprint density at radius 1 is 0.886 bits per heavy atom. The van der Waals surface area contributed by atoms with Crippen molar-refractivity contribution in [2.75, 3.05) is 0 Å². The number of halogens is 2. The predicted molar refractivity (Wildman–Crippen MR) is 140 cm³/mol. The van der Waals surface area contributed by atoms with Crippen LogP contribution in [-0.2, 0) is 13.0 Å². The van der Waals surface area contributed by atoms with Crippen molar-refractivity contribution in [3.63, 3.8) is 0 Å². The number of benzene rings is 3. The Hall–Kier alpha value is -3.80. The van der Waals surface area contributed by atoms with Crippen molar-refractivity contribution in [3.8, 4) is 11.5 Å². The SMILES string of the molecule is O=C(O)c1ccc(CCn2c(/C=C/c3ccccc3Oc3ccccc3)c(Cl)cc(Cl)c2=O)cc1. The van der Waals surface area contributed by atoms with E-state index in [1.807, 2.05) is 60.7 Å². The summed E-state index contributed by atoms with van der Waals surface area (Å²) in [4.78, 5) is 23.9. The molecule has 7 heteroatoms. The van der Waals surface area contributed by atoms with Crippen molar-refractivity contribution in [2.24, 2.45) is 0 Å². The van der Waals surface area contributed by atoms with Crippen LogP contribution in [0.5, 0.6) is 11.5 Å². The van der Waals surface area contributed by atoms with Crippen LogP contribution in [0.4, 0.5) is 0 Å². The molecule has 1 aromatic heterocycles. The summed E-state index contributed by atoms with van der Waals surface area (Å²) in [5.41, 5.74) is 2.06. The molecule has 0 aliphatic rings. The summed E-state index contributed by atoms with van der Waals surface area (Å²) < 4.78 is 7.54. The van der Waals surface area contributed by atoms with Gasteiger partial charge in [-0.25, -0.2) is 4.79 Å². The summed E-state index contributed by atoms with van der Waals surface area (Å²) in [6.45, 7) is 0.313. The maximum atomic E-state index is 12.9. The fourth-order valence-corrected chi connectivity index (χ4v) is 4.10. The molecule has 4 aromatic rings. The van der Waals surface area contributed by atoms with E-state index in [2.05, 4.69) is 0 Å². The number of carbonyl (C=O) groups is 1. The molecule has 0 spiro atoms. The maximum absolute atomic E-state index is 12.9. The number of nitrogens with zero attached hydrogens (tertiary/aromatic N) is 1. The predicted octanol–water partition coefficient (Wildman–Crippen LogP) is 7.06. The number of pyridine rings is 1. The molecule has 0 saturated carbocycles. The van der Waals surface area contributed by atoms with Gasteiger partial charge < -0.3 is 14.4 Å². The lowest BCUT2D eigenvalue weighted by molar-refractivity contribution is 0.0697. The van der Waals surface area contributed by atoms with Crippen LogP contribution in [0.1, 0.15) is 27.2 Å². The first-order chi connectivity index (χ1) is 16.9. The Morgan fingerprint density at radius 2 is 1.57 bits per heavy atom. The summed E-state index contributed by atoms with van der Waals surface area (Å²) in [6.07, 6.45) is 4.09. The Labute approximate surface area is 212 Å². The number of hydrogen-bond donors (Lipinski definition) is 1. The number of carboxylic acids is 1. The van der Waals surface area contributed by atoms with Gasteiger partial charge in [-0.15, -0.1) is 0 Å². The molecule has 0 bridgehead atoms. The average Bonchev–Trinajstić information content (AvgIpc) is 2.86. The van der Waals surface area contributed by atoms with Crippen LogP contribution in [0, 0.1) is 0 Å². The number of para-hydroxylation sites is 2. The van der Waals surface area contributed by atoms with Gasteiger partial charge in [-0.1, -0.05) is 71.7 Å². The molecule has 0 fully saturated rings. The number of carboxylic acid groups (broad SMARTS) is 1. The first-order valence-corrected chi connectivity index (χ1v) is 11.6. The molecule has 176 valence electrons. The number of hydrogen-bond acceptors (Lipinski definition) is 3. The highest BCUT2D eigenvalue weighted by atomic mass is 35.5. The van der Waals surface area contributed by atoms with Crippen LogP contribution in [0.15, 0.2) is 89.7 Å². The third-order valence-corrected chi connectivity index (χ3v) is 5.95. The standard InChI is InChI=1S/C28H21Cl2NO4/c29-23-18-24(30)27(32)31(17-16-19-10-12-21(13-11-19)28(33)34)25(23)15-14-20-6-4-5-9-26(20)35-22-7-2-1-3-8-22/h1-15,18H,16-17H2,(H,33,34)/b15-14+. The lowest BCUT2D eigenvalue weighted by Gasteiger charge is -2.13. The second kappa shape index (κ2) is 11.1. The number of aromatic nitrogens is 1. The summed E-state index contributed by atoms with van der Waals surface area (Å²) in [6, 6.07) is 25.0. The van der Waals surface area contributed by atoms with Gasteiger partial charge in [-0.3, -0.25) is 4.79 Å². The molecule has 5 nitrogen and oxygen atoms in total. The van der Waals surface area contributed by atoms with Crippen LogP contribution in [0.25, 0.3) is 12.2 Å². The van der Waals surface area contributed by atoms with Gasteiger partial charge in [0.05, 0.1) is 16.3 Å². The van der Waals surface area contributed by atoms with Crippen molar-refractivity contribution in [3.05, 3.63) is 128 Å². The number of ether oxygens (including phenoxy) is 1. The Balaban J connectivity index is 1.63. The van der Waals surface area contributed by atoms with Gasteiger partial charge in [-0.2, -0.15) is 0 Å². The van der Waals surface area contributed by atoms with Crippen molar-refractivity contribution in [1.82, 2.24) is 4.57 Å². The fourth-order valence-electron chi connectivity index (χ4n) is 3.56. The topological polar surface area (TPSA) is 68.5 Å². The highest BCUT2D eigenvalue weighted by Gasteiger charge is 2.12. The highest BCUT2D eigenvalue weighted by Crippen LogP contribution is 2.28. The second-order valence-corrected chi connectivity index (χ2v) is 8.53. The minimum Gasteiger partial charge on any atom is -0.478 e. The lowest BCUT2D eigenvalue weighted by Crippen LogP contribution is -2.24. The van der Waals surface area contributed by atoms with E-state index in [0.29, 0.717) is 35.2 Å². The van der Waals surface area contributed by atoms with E-state index >= 15 is 0 Å². The first kappa shape index (κ1) is 24.3. The van der Waals surface area contributed by atoms with E-state index in [9.17, 15) is 9.59 Å². The van der Waals surface area contributed by atoms with E-state index in [1.165, 1.54) is 22.8 Å². The van der Waals surface area contributed by atoms with Gasteiger partial charge in [0, 0.05) is 12.1 Å². The molecule has 0 radical (unpaired) electrons. The Morgan fingerprint density at radius 3 is 2.29 bits per heavy atom. The Kier molecular flexibility index (Phi) is 7.70. The molecule has 0 unspecified atom stereocenters. The molecule has 0 saturated heterocycles. The zero-order valence-corrected chi connectivity index (χ0v) is 20.0. The number of aromatic carboxylic acids is 1. The largest absolute Gasteiger partial charge is 0.478 e. The molecule has 1 heterocycles. The minimum atomic E-state index is -0.988. The minimum absolute atomic E-state index is 0.0289. The Bertz CT molecular complexity index is 1430. The molecule has 0 aliphatic carbocycles. The third-order valence-electron chi connectivity index (χ3n) is 5.37. The summed E-state index contributed by atoms with van der Waals surface area (Å²) in [5, 5.41) is 9.45.